The molecule has 178 valence electrons. The molecule has 0 aromatic heterocycles. The van der Waals surface area contributed by atoms with Gasteiger partial charge in [-0.15, -0.1) is 0 Å². The van der Waals surface area contributed by atoms with Crippen LogP contribution in [0.1, 0.15) is 56.3 Å². The van der Waals surface area contributed by atoms with Gasteiger partial charge in [0.2, 0.25) is 5.91 Å². The number of carbonyl (C=O) groups excluding carboxylic acids is 1. The Morgan fingerprint density at radius 3 is 2.33 bits per heavy atom. The van der Waals surface area contributed by atoms with Gasteiger partial charge < -0.3 is 15.5 Å². The predicted octanol–water partition coefficient (Wildman–Crippen LogP) is 3.95. The highest BCUT2D eigenvalue weighted by Crippen LogP contribution is 2.20. The molecule has 3 rings (SSSR count). The van der Waals surface area contributed by atoms with Gasteiger partial charge in [0.25, 0.3) is 0 Å². The van der Waals surface area contributed by atoms with Crippen LogP contribution in [0.25, 0.3) is 0 Å². The molecule has 0 saturated carbocycles. The number of likely N-dealkylation sites (N-methyl/N-ethyl adjacent to an activating group) is 1. The third-order valence-electron chi connectivity index (χ3n) is 6.30. The van der Waals surface area contributed by atoms with Crippen LogP contribution in [0.3, 0.4) is 0 Å². The summed E-state index contributed by atoms with van der Waals surface area (Å²) in [5.41, 5.74) is 3.65. The molecule has 0 spiro atoms. The first kappa shape index (κ1) is 24.8. The molecule has 1 amide bonds. The summed E-state index contributed by atoms with van der Waals surface area (Å²) >= 11 is 0. The van der Waals surface area contributed by atoms with Crippen molar-refractivity contribution in [3.05, 3.63) is 71.3 Å². The minimum atomic E-state index is 0.256. The lowest BCUT2D eigenvalue weighted by Crippen LogP contribution is -2.43. The second kappa shape index (κ2) is 13.0. The molecule has 6 heteroatoms. The number of amides is 1. The highest BCUT2D eigenvalue weighted by Gasteiger charge is 2.21. The third kappa shape index (κ3) is 7.06. The number of benzene rings is 2. The Kier molecular flexibility index (Phi) is 9.76. The fourth-order valence-corrected chi connectivity index (χ4v) is 4.44. The van der Waals surface area contributed by atoms with Crippen LogP contribution >= 0.6 is 0 Å². The number of likely N-dealkylation sites (tertiary alicyclic amines) is 1. The molecule has 6 nitrogen and oxygen atoms in total. The van der Waals surface area contributed by atoms with Gasteiger partial charge in [-0.3, -0.25) is 9.69 Å². The summed E-state index contributed by atoms with van der Waals surface area (Å²) in [4.78, 5) is 21.4. The van der Waals surface area contributed by atoms with Crippen molar-refractivity contribution in [2.45, 2.75) is 52.7 Å². The lowest BCUT2D eigenvalue weighted by molar-refractivity contribution is -0.128. The van der Waals surface area contributed by atoms with E-state index in [0.29, 0.717) is 19.5 Å². The molecule has 2 aromatic carbocycles. The molecule has 1 aliphatic heterocycles. The quantitative estimate of drug-likeness (QED) is 0.403. The second-order valence-electron chi connectivity index (χ2n) is 8.41. The summed E-state index contributed by atoms with van der Waals surface area (Å²) in [6.07, 6.45) is 1.63. The number of carbonyl (C=O) groups is 1. The summed E-state index contributed by atoms with van der Waals surface area (Å²) in [7, 11) is 0. The third-order valence-corrected chi connectivity index (χ3v) is 6.30. The smallest absolute Gasteiger partial charge is 0.222 e. The van der Waals surface area contributed by atoms with Gasteiger partial charge in [0.05, 0.1) is 12.6 Å². The first-order valence-electron chi connectivity index (χ1n) is 12.3. The number of nitrogens with one attached hydrogen (secondary N) is 2. The van der Waals surface area contributed by atoms with Crippen molar-refractivity contribution >= 4 is 11.9 Å². The molecular formula is C27H39N5O. The van der Waals surface area contributed by atoms with Gasteiger partial charge in [-0.1, -0.05) is 68.4 Å². The van der Waals surface area contributed by atoms with Crippen LogP contribution < -0.4 is 10.6 Å². The van der Waals surface area contributed by atoms with Gasteiger partial charge in [-0.05, 0) is 43.1 Å². The van der Waals surface area contributed by atoms with E-state index in [9.17, 15) is 4.79 Å². The first-order valence-corrected chi connectivity index (χ1v) is 12.3. The number of aliphatic imine (C=N–C) groups is 1. The lowest BCUT2D eigenvalue weighted by Gasteiger charge is -2.30. The van der Waals surface area contributed by atoms with Crippen molar-refractivity contribution < 1.29 is 4.79 Å². The topological polar surface area (TPSA) is 60.0 Å². The van der Waals surface area contributed by atoms with Crippen molar-refractivity contribution in [1.82, 2.24) is 20.4 Å². The molecule has 1 saturated heterocycles. The Labute approximate surface area is 199 Å². The van der Waals surface area contributed by atoms with Gasteiger partial charge in [0.1, 0.15) is 0 Å². The molecule has 1 heterocycles. The van der Waals surface area contributed by atoms with Crippen LogP contribution in [0.4, 0.5) is 0 Å². The van der Waals surface area contributed by atoms with Gasteiger partial charge in [0.15, 0.2) is 5.96 Å². The largest absolute Gasteiger partial charge is 0.357 e. The molecule has 1 atom stereocenters. The monoisotopic (exact) mass is 449 g/mol. The summed E-state index contributed by atoms with van der Waals surface area (Å²) in [6.45, 7) is 12.2. The zero-order chi connectivity index (χ0) is 23.5. The average molecular weight is 450 g/mol. The fraction of sp³-hybridized carbons (Fsp3) is 0.481. The molecule has 2 N–H and O–H groups in total. The molecular weight excluding hydrogens is 410 g/mol. The highest BCUT2D eigenvalue weighted by molar-refractivity contribution is 5.80. The molecule has 33 heavy (non-hydrogen) atoms. The lowest BCUT2D eigenvalue weighted by atomic mass is 10.1. The second-order valence-corrected chi connectivity index (χ2v) is 8.41. The van der Waals surface area contributed by atoms with E-state index in [0.717, 1.165) is 50.7 Å². The fourth-order valence-electron chi connectivity index (χ4n) is 4.44. The molecule has 2 aromatic rings. The van der Waals surface area contributed by atoms with Crippen molar-refractivity contribution in [3.8, 4) is 0 Å². The van der Waals surface area contributed by atoms with Crippen LogP contribution in [0, 0.1) is 0 Å². The SMILES string of the molecule is CCNC(=NCc1ccccc1CN1CCCC1=O)NCC(c1ccccc1)N(CC)CC. The Balaban J connectivity index is 1.71. The summed E-state index contributed by atoms with van der Waals surface area (Å²) < 4.78 is 0. The zero-order valence-corrected chi connectivity index (χ0v) is 20.4. The van der Waals surface area contributed by atoms with E-state index in [1.165, 1.54) is 11.1 Å². The number of hydrogen-bond acceptors (Lipinski definition) is 3. The zero-order valence-electron chi connectivity index (χ0n) is 20.4. The minimum absolute atomic E-state index is 0.256. The van der Waals surface area contributed by atoms with Crippen LogP contribution in [0.2, 0.25) is 0 Å². The molecule has 1 fully saturated rings. The Morgan fingerprint density at radius 2 is 1.70 bits per heavy atom. The predicted molar refractivity (Wildman–Crippen MR) is 136 cm³/mol. The maximum Gasteiger partial charge on any atom is 0.222 e. The van der Waals surface area contributed by atoms with E-state index in [1.807, 2.05) is 17.0 Å². The molecule has 0 radical (unpaired) electrons. The molecule has 0 aliphatic carbocycles. The van der Waals surface area contributed by atoms with Crippen molar-refractivity contribution in [2.75, 3.05) is 32.7 Å². The average Bonchev–Trinajstić information content (AvgIpc) is 3.25. The van der Waals surface area contributed by atoms with Crippen LogP contribution in [-0.4, -0.2) is 54.4 Å². The van der Waals surface area contributed by atoms with Crippen LogP contribution in [0.5, 0.6) is 0 Å². The number of rotatable bonds is 11. The summed E-state index contributed by atoms with van der Waals surface area (Å²) in [5.74, 6) is 1.07. The first-order chi connectivity index (χ1) is 16.2. The molecule has 0 bridgehead atoms. The van der Waals surface area contributed by atoms with E-state index in [1.54, 1.807) is 0 Å². The van der Waals surface area contributed by atoms with E-state index in [2.05, 4.69) is 78.8 Å². The van der Waals surface area contributed by atoms with Crippen LogP contribution in [-0.2, 0) is 17.9 Å². The number of nitrogens with zero attached hydrogens (tertiary/aromatic N) is 3. The minimum Gasteiger partial charge on any atom is -0.357 e. The Bertz CT molecular complexity index is 894. The summed E-state index contributed by atoms with van der Waals surface area (Å²) in [6, 6.07) is 19.3. The van der Waals surface area contributed by atoms with Gasteiger partial charge >= 0.3 is 0 Å². The highest BCUT2D eigenvalue weighted by atomic mass is 16.2. The van der Waals surface area contributed by atoms with E-state index in [4.69, 9.17) is 4.99 Å². The van der Waals surface area contributed by atoms with E-state index in [-0.39, 0.29) is 11.9 Å². The van der Waals surface area contributed by atoms with E-state index < -0.39 is 0 Å². The number of guanidine groups is 1. The molecule has 1 aliphatic rings. The van der Waals surface area contributed by atoms with Gasteiger partial charge in [0, 0.05) is 32.6 Å². The normalized spacial score (nSPS) is 15.2. The van der Waals surface area contributed by atoms with Crippen LogP contribution in [0.15, 0.2) is 59.6 Å². The van der Waals surface area contributed by atoms with Gasteiger partial charge in [-0.25, -0.2) is 4.99 Å². The standard InChI is InChI=1S/C27H39N5O/c1-4-28-27(30-20-25(31(5-2)6-3)22-13-8-7-9-14-22)29-19-23-15-10-11-16-24(23)21-32-18-12-17-26(32)33/h7-11,13-16,25H,4-6,12,17-21H2,1-3H3,(H2,28,29,30). The van der Waals surface area contributed by atoms with Crippen molar-refractivity contribution in [1.29, 1.82) is 0 Å². The maximum absolute atomic E-state index is 12.1. The Morgan fingerprint density at radius 1 is 1.00 bits per heavy atom. The van der Waals surface area contributed by atoms with Crippen molar-refractivity contribution in [3.63, 3.8) is 0 Å². The van der Waals surface area contributed by atoms with Gasteiger partial charge in [-0.2, -0.15) is 0 Å². The summed E-state index contributed by atoms with van der Waals surface area (Å²) in [5, 5.41) is 6.96. The number of hydrogen-bond donors (Lipinski definition) is 2. The van der Waals surface area contributed by atoms with E-state index >= 15 is 0 Å². The Hall–Kier alpha value is -2.86. The maximum atomic E-state index is 12.1. The molecule has 1 unspecified atom stereocenters. The van der Waals surface area contributed by atoms with Crippen molar-refractivity contribution in [2.24, 2.45) is 4.99 Å².